The second-order valence-electron chi connectivity index (χ2n) is 6.74. The van der Waals surface area contributed by atoms with Crippen LogP contribution in [0.15, 0.2) is 66.7 Å². The Labute approximate surface area is 173 Å². The highest BCUT2D eigenvalue weighted by Crippen LogP contribution is 2.28. The number of ketones is 1. The minimum Gasteiger partial charge on any atom is -0.496 e. The average molecular weight is 403 g/mol. The molecule has 0 atom stereocenters. The SMILES string of the molecule is COc1ccc(C)cc1C=C(C(=O)c1ccc(Cl)cc1)c1nc2ccccc2[nH]1. The number of carbonyl (C=O) groups excluding carboxylic acids is 1. The van der Waals surface area contributed by atoms with Gasteiger partial charge in [0, 0.05) is 16.1 Å². The van der Waals surface area contributed by atoms with Crippen molar-refractivity contribution in [2.75, 3.05) is 7.11 Å². The van der Waals surface area contributed by atoms with Crippen molar-refractivity contribution in [2.24, 2.45) is 0 Å². The highest BCUT2D eigenvalue weighted by atomic mass is 35.5. The van der Waals surface area contributed by atoms with Gasteiger partial charge in [0.2, 0.25) is 0 Å². The molecule has 3 aromatic carbocycles. The second kappa shape index (κ2) is 7.94. The van der Waals surface area contributed by atoms with Crippen molar-refractivity contribution in [3.8, 4) is 5.75 Å². The summed E-state index contributed by atoms with van der Waals surface area (Å²) in [4.78, 5) is 21.3. The first-order valence-electron chi connectivity index (χ1n) is 9.17. The van der Waals surface area contributed by atoms with Gasteiger partial charge in [-0.1, -0.05) is 35.4 Å². The number of halogens is 1. The fourth-order valence-corrected chi connectivity index (χ4v) is 3.33. The molecule has 0 aliphatic heterocycles. The van der Waals surface area contributed by atoms with Crippen molar-refractivity contribution >= 4 is 40.1 Å². The van der Waals surface area contributed by atoms with Gasteiger partial charge in [-0.15, -0.1) is 0 Å². The molecule has 0 aliphatic carbocycles. The molecule has 29 heavy (non-hydrogen) atoms. The number of carbonyl (C=O) groups is 1. The highest BCUT2D eigenvalue weighted by Gasteiger charge is 2.19. The predicted octanol–water partition coefficient (Wildman–Crippen LogP) is 5.96. The number of benzene rings is 3. The lowest BCUT2D eigenvalue weighted by molar-refractivity contribution is 0.105. The van der Waals surface area contributed by atoms with Gasteiger partial charge in [0.25, 0.3) is 0 Å². The summed E-state index contributed by atoms with van der Waals surface area (Å²) in [6.07, 6.45) is 1.82. The zero-order valence-electron chi connectivity index (χ0n) is 16.1. The van der Waals surface area contributed by atoms with Crippen molar-refractivity contribution in [2.45, 2.75) is 6.92 Å². The van der Waals surface area contributed by atoms with Crippen molar-refractivity contribution in [1.82, 2.24) is 9.97 Å². The van der Waals surface area contributed by atoms with Gasteiger partial charge in [-0.2, -0.15) is 0 Å². The summed E-state index contributed by atoms with van der Waals surface area (Å²) in [5, 5.41) is 0.580. The molecule has 4 rings (SSSR count). The fraction of sp³-hybridized carbons (Fsp3) is 0.0833. The van der Waals surface area contributed by atoms with Crippen LogP contribution < -0.4 is 4.74 Å². The number of methoxy groups -OCH3 is 1. The Morgan fingerprint density at radius 2 is 1.83 bits per heavy atom. The lowest BCUT2D eigenvalue weighted by Gasteiger charge is -2.09. The third kappa shape index (κ3) is 3.93. The number of H-pyrrole nitrogens is 1. The van der Waals surface area contributed by atoms with Crippen LogP contribution in [0.25, 0.3) is 22.7 Å². The zero-order valence-corrected chi connectivity index (χ0v) is 16.8. The summed E-state index contributed by atoms with van der Waals surface area (Å²) in [5.41, 5.74) is 4.53. The quantitative estimate of drug-likeness (QED) is 0.331. The average Bonchev–Trinajstić information content (AvgIpc) is 3.16. The van der Waals surface area contributed by atoms with Gasteiger partial charge in [-0.3, -0.25) is 4.79 Å². The molecular formula is C24H19ClN2O2. The lowest BCUT2D eigenvalue weighted by Crippen LogP contribution is -2.04. The van der Waals surface area contributed by atoms with E-state index in [1.807, 2.05) is 55.5 Å². The fourth-order valence-electron chi connectivity index (χ4n) is 3.20. The summed E-state index contributed by atoms with van der Waals surface area (Å²) in [6, 6.07) is 20.4. The van der Waals surface area contributed by atoms with Crippen LogP contribution in [0.3, 0.4) is 0 Å². The molecule has 1 heterocycles. The van der Waals surface area contributed by atoms with Crippen molar-refractivity contribution in [1.29, 1.82) is 0 Å². The Kier molecular flexibility index (Phi) is 5.19. The van der Waals surface area contributed by atoms with Gasteiger partial charge in [0.05, 0.1) is 23.7 Å². The number of para-hydroxylation sites is 2. The molecule has 1 N–H and O–H groups in total. The molecule has 0 bridgehead atoms. The van der Waals surface area contributed by atoms with E-state index in [-0.39, 0.29) is 5.78 Å². The first kappa shape index (κ1) is 19.0. The number of nitrogens with zero attached hydrogens (tertiary/aromatic N) is 1. The molecule has 0 spiro atoms. The van der Waals surface area contributed by atoms with Crippen LogP contribution >= 0.6 is 11.6 Å². The number of fused-ring (bicyclic) bond motifs is 1. The predicted molar refractivity (Wildman–Crippen MR) is 117 cm³/mol. The van der Waals surface area contributed by atoms with Crippen molar-refractivity contribution < 1.29 is 9.53 Å². The van der Waals surface area contributed by atoms with E-state index in [1.54, 1.807) is 31.4 Å². The number of nitrogens with one attached hydrogen (secondary N) is 1. The van der Waals surface area contributed by atoms with Gasteiger partial charge in [-0.05, 0) is 61.5 Å². The minimum absolute atomic E-state index is 0.149. The van der Waals surface area contributed by atoms with E-state index in [1.165, 1.54) is 0 Å². The third-order valence-electron chi connectivity index (χ3n) is 4.68. The molecular weight excluding hydrogens is 384 g/mol. The number of hydrogen-bond donors (Lipinski definition) is 1. The minimum atomic E-state index is -0.149. The number of aromatic nitrogens is 2. The largest absolute Gasteiger partial charge is 0.496 e. The normalized spacial score (nSPS) is 11.6. The molecule has 0 amide bonds. The maximum absolute atomic E-state index is 13.4. The summed E-state index contributed by atoms with van der Waals surface area (Å²) in [7, 11) is 1.61. The Bertz CT molecular complexity index is 1190. The topological polar surface area (TPSA) is 55.0 Å². The smallest absolute Gasteiger partial charge is 0.196 e. The van der Waals surface area contributed by atoms with Crippen LogP contribution in [0.5, 0.6) is 5.75 Å². The molecule has 0 unspecified atom stereocenters. The number of allylic oxidation sites excluding steroid dienone is 1. The van der Waals surface area contributed by atoms with Gasteiger partial charge >= 0.3 is 0 Å². The number of rotatable bonds is 5. The third-order valence-corrected chi connectivity index (χ3v) is 4.93. The first-order valence-corrected chi connectivity index (χ1v) is 9.54. The molecule has 0 fully saturated rings. The Hall–Kier alpha value is -3.37. The van der Waals surface area contributed by atoms with Crippen LogP contribution in [-0.2, 0) is 0 Å². The van der Waals surface area contributed by atoms with Crippen LogP contribution in [0.4, 0.5) is 0 Å². The van der Waals surface area contributed by atoms with E-state index in [0.29, 0.717) is 27.7 Å². The lowest BCUT2D eigenvalue weighted by atomic mass is 9.99. The Morgan fingerprint density at radius 1 is 1.07 bits per heavy atom. The molecule has 0 saturated carbocycles. The maximum Gasteiger partial charge on any atom is 0.196 e. The van der Waals surface area contributed by atoms with Gasteiger partial charge in [0.15, 0.2) is 5.78 Å². The Balaban J connectivity index is 1.90. The molecule has 1 aromatic heterocycles. The van der Waals surface area contributed by atoms with Crippen LogP contribution in [-0.4, -0.2) is 22.9 Å². The van der Waals surface area contributed by atoms with Crippen LogP contribution in [0.1, 0.15) is 27.3 Å². The molecule has 0 saturated heterocycles. The van der Waals surface area contributed by atoms with Gasteiger partial charge in [-0.25, -0.2) is 4.98 Å². The summed E-state index contributed by atoms with van der Waals surface area (Å²) < 4.78 is 5.49. The second-order valence-corrected chi connectivity index (χ2v) is 7.18. The molecule has 4 aromatic rings. The molecule has 0 radical (unpaired) electrons. The first-order chi connectivity index (χ1) is 14.0. The number of hydrogen-bond acceptors (Lipinski definition) is 3. The molecule has 144 valence electrons. The number of ether oxygens (including phenoxy) is 1. The number of aromatic amines is 1. The summed E-state index contributed by atoms with van der Waals surface area (Å²) >= 11 is 5.99. The van der Waals surface area contributed by atoms with E-state index in [4.69, 9.17) is 16.3 Å². The van der Waals surface area contributed by atoms with E-state index >= 15 is 0 Å². The van der Waals surface area contributed by atoms with Gasteiger partial charge < -0.3 is 9.72 Å². The maximum atomic E-state index is 13.4. The van der Waals surface area contributed by atoms with Gasteiger partial charge in [0.1, 0.15) is 11.6 Å². The summed E-state index contributed by atoms with van der Waals surface area (Å²) in [6.45, 7) is 2.00. The monoisotopic (exact) mass is 402 g/mol. The van der Waals surface area contributed by atoms with E-state index in [2.05, 4.69) is 9.97 Å². The number of imidazole rings is 1. The van der Waals surface area contributed by atoms with Crippen LogP contribution in [0, 0.1) is 6.92 Å². The zero-order chi connectivity index (χ0) is 20.4. The van der Waals surface area contributed by atoms with Crippen LogP contribution in [0.2, 0.25) is 5.02 Å². The summed E-state index contributed by atoms with van der Waals surface area (Å²) in [5.74, 6) is 1.05. The standard InChI is InChI=1S/C24H19ClN2O2/c1-15-7-12-22(29-2)17(13-15)14-19(23(28)16-8-10-18(25)11-9-16)24-26-20-5-3-4-6-21(20)27-24/h3-14H,1-2H3,(H,26,27). The number of Topliss-reactive ketones (excluding diaryl/α,β-unsaturated/α-hetero) is 1. The van der Waals surface area contributed by atoms with Crippen molar-refractivity contribution in [3.05, 3.63) is 94.3 Å². The number of aryl methyl sites for hydroxylation is 1. The van der Waals surface area contributed by atoms with E-state index in [0.717, 1.165) is 22.2 Å². The van der Waals surface area contributed by atoms with E-state index in [9.17, 15) is 4.79 Å². The molecule has 0 aliphatic rings. The van der Waals surface area contributed by atoms with Crippen molar-refractivity contribution in [3.63, 3.8) is 0 Å². The molecule has 4 nitrogen and oxygen atoms in total. The van der Waals surface area contributed by atoms with E-state index < -0.39 is 0 Å². The Morgan fingerprint density at radius 3 is 2.55 bits per heavy atom. The highest BCUT2D eigenvalue weighted by molar-refractivity contribution is 6.33. The molecule has 5 heteroatoms.